The zero-order chi connectivity index (χ0) is 14.8. The number of fused-ring (bicyclic) bond motifs is 1. The lowest BCUT2D eigenvalue weighted by molar-refractivity contribution is -0.142. The lowest BCUT2D eigenvalue weighted by Gasteiger charge is -2.28. The van der Waals surface area contributed by atoms with E-state index in [-0.39, 0.29) is 23.9 Å². The third-order valence-corrected chi connectivity index (χ3v) is 5.60. The van der Waals surface area contributed by atoms with Crippen LogP contribution in [0.25, 0.3) is 0 Å². The Morgan fingerprint density at radius 3 is 2.38 bits per heavy atom. The summed E-state index contributed by atoms with van der Waals surface area (Å²) >= 11 is 0. The zero-order valence-corrected chi connectivity index (χ0v) is 12.5. The van der Waals surface area contributed by atoms with Crippen molar-refractivity contribution < 1.29 is 14.7 Å². The van der Waals surface area contributed by atoms with Crippen LogP contribution in [0, 0.1) is 11.8 Å². The number of rotatable bonds is 3. The SMILES string of the molecule is O=C(O)C1CCC(NC(=O)C2CC3CCCCC3N2)CC1. The minimum atomic E-state index is -0.693. The van der Waals surface area contributed by atoms with Gasteiger partial charge in [0.15, 0.2) is 0 Å². The maximum atomic E-state index is 12.4. The molecule has 21 heavy (non-hydrogen) atoms. The molecule has 0 aromatic heterocycles. The van der Waals surface area contributed by atoms with E-state index in [4.69, 9.17) is 5.11 Å². The molecular weight excluding hydrogens is 268 g/mol. The van der Waals surface area contributed by atoms with E-state index in [9.17, 15) is 9.59 Å². The van der Waals surface area contributed by atoms with Gasteiger partial charge in [-0.3, -0.25) is 9.59 Å². The van der Waals surface area contributed by atoms with E-state index in [1.807, 2.05) is 0 Å². The van der Waals surface area contributed by atoms with Gasteiger partial charge in [-0.1, -0.05) is 12.8 Å². The van der Waals surface area contributed by atoms with Crippen LogP contribution in [0.5, 0.6) is 0 Å². The van der Waals surface area contributed by atoms with Crippen LogP contribution in [0.4, 0.5) is 0 Å². The first-order valence-electron chi connectivity index (χ1n) is 8.42. The summed E-state index contributed by atoms with van der Waals surface area (Å²) in [5.41, 5.74) is 0. The van der Waals surface area contributed by atoms with Crippen LogP contribution < -0.4 is 10.6 Å². The fourth-order valence-corrected chi connectivity index (χ4v) is 4.31. The first-order valence-corrected chi connectivity index (χ1v) is 8.42. The van der Waals surface area contributed by atoms with Crippen molar-refractivity contribution in [1.29, 1.82) is 0 Å². The number of hydrogen-bond acceptors (Lipinski definition) is 3. The maximum Gasteiger partial charge on any atom is 0.306 e. The van der Waals surface area contributed by atoms with Gasteiger partial charge in [0.1, 0.15) is 0 Å². The van der Waals surface area contributed by atoms with Crippen molar-refractivity contribution in [2.24, 2.45) is 11.8 Å². The van der Waals surface area contributed by atoms with E-state index in [0.717, 1.165) is 19.3 Å². The highest BCUT2D eigenvalue weighted by atomic mass is 16.4. The average Bonchev–Trinajstić information content (AvgIpc) is 2.92. The number of carboxylic acids is 1. The van der Waals surface area contributed by atoms with Crippen molar-refractivity contribution in [3.8, 4) is 0 Å². The monoisotopic (exact) mass is 294 g/mol. The molecule has 1 aliphatic heterocycles. The zero-order valence-electron chi connectivity index (χ0n) is 12.5. The first kappa shape index (κ1) is 14.8. The smallest absolute Gasteiger partial charge is 0.306 e. The summed E-state index contributed by atoms with van der Waals surface area (Å²) in [5.74, 6) is -0.104. The summed E-state index contributed by atoms with van der Waals surface area (Å²) in [5, 5.41) is 15.6. The molecule has 3 fully saturated rings. The van der Waals surface area contributed by atoms with E-state index in [0.29, 0.717) is 24.8 Å². The van der Waals surface area contributed by atoms with E-state index in [1.165, 1.54) is 25.7 Å². The molecule has 2 aliphatic carbocycles. The van der Waals surface area contributed by atoms with Crippen molar-refractivity contribution in [3.63, 3.8) is 0 Å². The van der Waals surface area contributed by atoms with Crippen LogP contribution in [0.3, 0.4) is 0 Å². The molecule has 1 saturated heterocycles. The Morgan fingerprint density at radius 1 is 1.00 bits per heavy atom. The number of carbonyl (C=O) groups excluding carboxylic acids is 1. The fourth-order valence-electron chi connectivity index (χ4n) is 4.31. The molecule has 1 heterocycles. The molecule has 5 nitrogen and oxygen atoms in total. The highest BCUT2D eigenvalue weighted by Crippen LogP contribution is 2.33. The molecule has 0 aromatic rings. The van der Waals surface area contributed by atoms with Crippen LogP contribution in [-0.4, -0.2) is 35.1 Å². The van der Waals surface area contributed by atoms with E-state index in [2.05, 4.69) is 10.6 Å². The van der Waals surface area contributed by atoms with E-state index in [1.54, 1.807) is 0 Å². The predicted molar refractivity (Wildman–Crippen MR) is 78.8 cm³/mol. The van der Waals surface area contributed by atoms with Gasteiger partial charge in [-0.2, -0.15) is 0 Å². The standard InChI is InChI=1S/C16H26N2O3/c19-15(14-9-11-3-1-2-4-13(11)18-14)17-12-7-5-10(6-8-12)16(20)21/h10-14,18H,1-9H2,(H,17,19)(H,20,21). The first-order chi connectivity index (χ1) is 10.1. The Kier molecular flexibility index (Phi) is 4.48. The highest BCUT2D eigenvalue weighted by Gasteiger charge is 2.39. The summed E-state index contributed by atoms with van der Waals surface area (Å²) < 4.78 is 0. The van der Waals surface area contributed by atoms with Crippen LogP contribution >= 0.6 is 0 Å². The number of amides is 1. The molecule has 5 heteroatoms. The number of carbonyl (C=O) groups is 2. The minimum absolute atomic E-state index is 0.0321. The third-order valence-electron chi connectivity index (χ3n) is 5.60. The second kappa shape index (κ2) is 6.34. The number of carboxylic acid groups (broad SMARTS) is 1. The molecule has 3 N–H and O–H groups in total. The normalized spacial score (nSPS) is 39.5. The second-order valence-electron chi connectivity index (χ2n) is 7.00. The summed E-state index contributed by atoms with van der Waals surface area (Å²) in [7, 11) is 0. The number of aliphatic carboxylic acids is 1. The molecule has 3 atom stereocenters. The van der Waals surface area contributed by atoms with Crippen LogP contribution in [0.2, 0.25) is 0 Å². The molecule has 1 amide bonds. The molecular formula is C16H26N2O3. The topological polar surface area (TPSA) is 78.4 Å². The molecule has 0 radical (unpaired) electrons. The van der Waals surface area contributed by atoms with Gasteiger partial charge in [-0.15, -0.1) is 0 Å². The van der Waals surface area contributed by atoms with Crippen molar-refractivity contribution in [2.75, 3.05) is 0 Å². The molecule has 118 valence electrons. The molecule has 0 bridgehead atoms. The van der Waals surface area contributed by atoms with E-state index < -0.39 is 5.97 Å². The molecule has 3 aliphatic rings. The van der Waals surface area contributed by atoms with Crippen LogP contribution in [0.1, 0.15) is 57.8 Å². The summed E-state index contributed by atoms with van der Waals surface area (Å²) in [4.78, 5) is 23.3. The van der Waals surface area contributed by atoms with Gasteiger partial charge in [0.2, 0.25) is 5.91 Å². The quantitative estimate of drug-likeness (QED) is 0.740. The van der Waals surface area contributed by atoms with Gasteiger partial charge >= 0.3 is 5.97 Å². The van der Waals surface area contributed by atoms with Crippen molar-refractivity contribution >= 4 is 11.9 Å². The van der Waals surface area contributed by atoms with Crippen molar-refractivity contribution in [2.45, 2.75) is 75.9 Å². The highest BCUT2D eigenvalue weighted by molar-refractivity contribution is 5.82. The molecule has 3 unspecified atom stereocenters. The third kappa shape index (κ3) is 3.39. The van der Waals surface area contributed by atoms with Gasteiger partial charge < -0.3 is 15.7 Å². The lowest BCUT2D eigenvalue weighted by atomic mass is 9.84. The van der Waals surface area contributed by atoms with E-state index >= 15 is 0 Å². The van der Waals surface area contributed by atoms with Crippen LogP contribution in [-0.2, 0) is 9.59 Å². The van der Waals surface area contributed by atoms with Gasteiger partial charge in [-0.25, -0.2) is 0 Å². The van der Waals surface area contributed by atoms with Gasteiger partial charge in [0.25, 0.3) is 0 Å². The van der Waals surface area contributed by atoms with Crippen molar-refractivity contribution in [3.05, 3.63) is 0 Å². The Hall–Kier alpha value is -1.10. The molecule has 0 spiro atoms. The lowest BCUT2D eigenvalue weighted by Crippen LogP contribution is -2.47. The molecule has 2 saturated carbocycles. The Morgan fingerprint density at radius 2 is 1.71 bits per heavy atom. The Labute approximate surface area is 125 Å². The van der Waals surface area contributed by atoms with Crippen LogP contribution in [0.15, 0.2) is 0 Å². The Bertz CT molecular complexity index is 390. The second-order valence-corrected chi connectivity index (χ2v) is 7.00. The minimum Gasteiger partial charge on any atom is -0.481 e. The largest absolute Gasteiger partial charge is 0.481 e. The molecule has 3 rings (SSSR count). The van der Waals surface area contributed by atoms with Crippen molar-refractivity contribution in [1.82, 2.24) is 10.6 Å². The summed E-state index contributed by atoms with van der Waals surface area (Å²) in [6.45, 7) is 0. The molecule has 0 aromatic carbocycles. The number of hydrogen-bond donors (Lipinski definition) is 3. The average molecular weight is 294 g/mol. The van der Waals surface area contributed by atoms with Gasteiger partial charge in [-0.05, 0) is 50.9 Å². The summed E-state index contributed by atoms with van der Waals surface area (Å²) in [6, 6.07) is 0.671. The van der Waals surface area contributed by atoms with Gasteiger partial charge in [0.05, 0.1) is 12.0 Å². The fraction of sp³-hybridized carbons (Fsp3) is 0.875. The van der Waals surface area contributed by atoms with Gasteiger partial charge in [0, 0.05) is 12.1 Å². The Balaban J connectivity index is 1.46. The maximum absolute atomic E-state index is 12.4. The predicted octanol–water partition coefficient (Wildman–Crippen LogP) is 1.67. The summed E-state index contributed by atoms with van der Waals surface area (Å²) in [6.07, 6.45) is 8.97. The number of nitrogens with one attached hydrogen (secondary N) is 2.